The average Bonchev–Trinajstić information content (AvgIpc) is 2.76. The molecule has 0 saturated carbocycles. The van der Waals surface area contributed by atoms with E-state index < -0.39 is 16.1 Å². The minimum atomic E-state index is -3.55. The molecular formula is C26H36FN3O4S. The van der Waals surface area contributed by atoms with Gasteiger partial charge in [0.15, 0.2) is 0 Å². The second-order valence-electron chi connectivity index (χ2n) is 9.19. The van der Waals surface area contributed by atoms with E-state index in [1.165, 1.54) is 21.3 Å². The lowest BCUT2D eigenvalue weighted by molar-refractivity contribution is -0.140. The SMILES string of the molecule is Cc1ccc(N(CCCC(=O)N(Cc2ccc(F)cc2)[C@H](C)C(=O)NC(C)C)S(C)(=O)=O)cc1C. The number of amides is 2. The Morgan fingerprint density at radius 3 is 2.17 bits per heavy atom. The minimum absolute atomic E-state index is 0.0529. The molecule has 0 bridgehead atoms. The molecule has 0 heterocycles. The zero-order chi connectivity index (χ0) is 26.3. The molecule has 9 heteroatoms. The maximum atomic E-state index is 13.3. The van der Waals surface area contributed by atoms with Gasteiger partial charge < -0.3 is 10.2 Å². The number of nitrogens with zero attached hydrogens (tertiary/aromatic N) is 2. The van der Waals surface area contributed by atoms with Crippen LogP contribution in [0.1, 0.15) is 50.3 Å². The fraction of sp³-hybridized carbons (Fsp3) is 0.462. The molecule has 2 rings (SSSR count). The van der Waals surface area contributed by atoms with E-state index in [1.54, 1.807) is 25.1 Å². The lowest BCUT2D eigenvalue weighted by atomic mass is 10.1. The Morgan fingerprint density at radius 1 is 1.00 bits per heavy atom. The topological polar surface area (TPSA) is 86.8 Å². The van der Waals surface area contributed by atoms with Crippen LogP contribution in [0, 0.1) is 19.7 Å². The van der Waals surface area contributed by atoms with Gasteiger partial charge in [-0.25, -0.2) is 12.8 Å². The van der Waals surface area contributed by atoms with Crippen molar-refractivity contribution in [3.63, 3.8) is 0 Å². The van der Waals surface area contributed by atoms with Gasteiger partial charge in [-0.15, -0.1) is 0 Å². The maximum absolute atomic E-state index is 13.3. The first-order valence-electron chi connectivity index (χ1n) is 11.7. The number of carbonyl (C=O) groups excluding carboxylic acids is 2. The summed E-state index contributed by atoms with van der Waals surface area (Å²) >= 11 is 0. The highest BCUT2D eigenvalue weighted by Gasteiger charge is 2.27. The highest BCUT2D eigenvalue weighted by atomic mass is 32.2. The second-order valence-corrected chi connectivity index (χ2v) is 11.1. The Labute approximate surface area is 208 Å². The Bertz CT molecular complexity index is 1130. The predicted molar refractivity (Wildman–Crippen MR) is 137 cm³/mol. The molecular weight excluding hydrogens is 469 g/mol. The monoisotopic (exact) mass is 505 g/mol. The normalized spacial score (nSPS) is 12.3. The number of rotatable bonds is 11. The van der Waals surface area contributed by atoms with Gasteiger partial charge in [-0.3, -0.25) is 13.9 Å². The largest absolute Gasteiger partial charge is 0.352 e. The molecule has 0 unspecified atom stereocenters. The zero-order valence-electron chi connectivity index (χ0n) is 21.3. The summed E-state index contributed by atoms with van der Waals surface area (Å²) in [6, 6.07) is 10.4. The standard InChI is InChI=1S/C26H36FN3O4S/c1-18(2)28-26(32)21(5)29(17-22-10-12-23(27)13-11-22)25(31)8-7-15-30(35(6,33)34)24-14-9-19(3)20(4)16-24/h9-14,16,18,21H,7-8,15,17H2,1-6H3,(H,28,32)/t21-/m1/s1. The molecule has 0 radical (unpaired) electrons. The predicted octanol–water partition coefficient (Wildman–Crippen LogP) is 3.93. The lowest BCUT2D eigenvalue weighted by Crippen LogP contribution is -2.49. The highest BCUT2D eigenvalue weighted by molar-refractivity contribution is 7.92. The molecule has 0 spiro atoms. The van der Waals surface area contributed by atoms with Crippen LogP contribution in [-0.2, 0) is 26.2 Å². The van der Waals surface area contributed by atoms with E-state index in [0.717, 1.165) is 17.4 Å². The molecule has 0 aromatic heterocycles. The molecule has 0 aliphatic carbocycles. The van der Waals surface area contributed by atoms with Gasteiger partial charge in [0.25, 0.3) is 0 Å². The van der Waals surface area contributed by atoms with Gasteiger partial charge in [-0.2, -0.15) is 0 Å². The molecule has 1 atom stereocenters. The van der Waals surface area contributed by atoms with Crippen LogP contribution >= 0.6 is 0 Å². The first-order valence-corrected chi connectivity index (χ1v) is 13.5. The fourth-order valence-corrected chi connectivity index (χ4v) is 4.62. The first kappa shape index (κ1) is 28.3. The van der Waals surface area contributed by atoms with E-state index in [9.17, 15) is 22.4 Å². The molecule has 0 aliphatic heterocycles. The third-order valence-electron chi connectivity index (χ3n) is 5.80. The van der Waals surface area contributed by atoms with Gasteiger partial charge in [0.1, 0.15) is 11.9 Å². The summed E-state index contributed by atoms with van der Waals surface area (Å²) in [5, 5.41) is 2.82. The van der Waals surface area contributed by atoms with Gasteiger partial charge >= 0.3 is 0 Å². The number of carbonyl (C=O) groups is 2. The van der Waals surface area contributed by atoms with Crippen LogP contribution in [-0.4, -0.2) is 50.0 Å². The zero-order valence-corrected chi connectivity index (χ0v) is 22.2. The molecule has 2 aromatic rings. The Kier molecular flexibility index (Phi) is 9.82. The number of benzene rings is 2. The van der Waals surface area contributed by atoms with Gasteiger partial charge in [0.05, 0.1) is 11.9 Å². The summed E-state index contributed by atoms with van der Waals surface area (Å²) in [6.45, 7) is 9.46. The fourth-order valence-electron chi connectivity index (χ4n) is 3.66. The van der Waals surface area contributed by atoms with E-state index in [4.69, 9.17) is 0 Å². The molecule has 7 nitrogen and oxygen atoms in total. The van der Waals surface area contributed by atoms with Crippen LogP contribution in [0.5, 0.6) is 0 Å². The lowest BCUT2D eigenvalue weighted by Gasteiger charge is -2.30. The van der Waals surface area contributed by atoms with Gasteiger partial charge in [0.2, 0.25) is 21.8 Å². The Balaban J connectivity index is 2.18. The highest BCUT2D eigenvalue weighted by Crippen LogP contribution is 2.22. The van der Waals surface area contributed by atoms with Gasteiger partial charge in [-0.1, -0.05) is 18.2 Å². The Hall–Kier alpha value is -2.94. The smallest absolute Gasteiger partial charge is 0.242 e. The summed E-state index contributed by atoms with van der Waals surface area (Å²) in [5.41, 5.74) is 3.28. The van der Waals surface area contributed by atoms with Crippen molar-refractivity contribution in [2.24, 2.45) is 0 Å². The number of hydrogen-bond donors (Lipinski definition) is 1. The average molecular weight is 506 g/mol. The van der Waals surface area contributed by atoms with E-state index in [2.05, 4.69) is 5.32 Å². The summed E-state index contributed by atoms with van der Waals surface area (Å²) in [7, 11) is -3.55. The van der Waals surface area contributed by atoms with Crippen LogP contribution in [0.2, 0.25) is 0 Å². The van der Waals surface area contributed by atoms with Gasteiger partial charge in [0, 0.05) is 25.6 Å². The van der Waals surface area contributed by atoms with E-state index >= 15 is 0 Å². The van der Waals surface area contributed by atoms with E-state index in [-0.39, 0.29) is 49.6 Å². The van der Waals surface area contributed by atoms with Crippen LogP contribution in [0.25, 0.3) is 0 Å². The van der Waals surface area contributed by atoms with Crippen molar-refractivity contribution in [1.29, 1.82) is 0 Å². The van der Waals surface area contributed by atoms with Crippen molar-refractivity contribution in [1.82, 2.24) is 10.2 Å². The molecule has 35 heavy (non-hydrogen) atoms. The van der Waals surface area contributed by atoms with Crippen LogP contribution in [0.4, 0.5) is 10.1 Å². The third kappa shape index (κ3) is 8.35. The first-order chi connectivity index (χ1) is 16.3. The summed E-state index contributed by atoms with van der Waals surface area (Å²) in [6.07, 6.45) is 1.47. The maximum Gasteiger partial charge on any atom is 0.242 e. The summed E-state index contributed by atoms with van der Waals surface area (Å²) in [5.74, 6) is -0.956. The number of nitrogens with one attached hydrogen (secondary N) is 1. The van der Waals surface area contributed by atoms with Crippen molar-refractivity contribution in [3.8, 4) is 0 Å². The number of aryl methyl sites for hydroxylation is 2. The number of anilines is 1. The quantitative estimate of drug-likeness (QED) is 0.501. The molecule has 2 amide bonds. The van der Waals surface area contributed by atoms with Crippen molar-refractivity contribution in [2.45, 2.75) is 66.1 Å². The summed E-state index contributed by atoms with van der Waals surface area (Å²) in [4.78, 5) is 27.3. The molecule has 192 valence electrons. The van der Waals surface area contributed by atoms with Crippen molar-refractivity contribution >= 4 is 27.5 Å². The van der Waals surface area contributed by atoms with Crippen molar-refractivity contribution in [3.05, 3.63) is 65.0 Å². The number of sulfonamides is 1. The van der Waals surface area contributed by atoms with Crippen LogP contribution < -0.4 is 9.62 Å². The molecule has 0 fully saturated rings. The van der Waals surface area contributed by atoms with Crippen LogP contribution in [0.15, 0.2) is 42.5 Å². The van der Waals surface area contributed by atoms with Crippen molar-refractivity contribution in [2.75, 3.05) is 17.1 Å². The number of halogens is 1. The second kappa shape index (κ2) is 12.2. The van der Waals surface area contributed by atoms with Gasteiger partial charge in [-0.05, 0) is 82.0 Å². The molecule has 2 aromatic carbocycles. The number of hydrogen-bond acceptors (Lipinski definition) is 4. The van der Waals surface area contributed by atoms with E-state index in [0.29, 0.717) is 11.3 Å². The van der Waals surface area contributed by atoms with Crippen molar-refractivity contribution < 1.29 is 22.4 Å². The molecule has 0 aliphatic rings. The van der Waals surface area contributed by atoms with Crippen LogP contribution in [0.3, 0.4) is 0 Å². The molecule has 0 saturated heterocycles. The summed E-state index contributed by atoms with van der Waals surface area (Å²) < 4.78 is 39.5. The molecule has 1 N–H and O–H groups in total. The minimum Gasteiger partial charge on any atom is -0.352 e. The van der Waals surface area contributed by atoms with E-state index in [1.807, 2.05) is 39.8 Å². The third-order valence-corrected chi connectivity index (χ3v) is 6.99. The Morgan fingerprint density at radius 2 is 1.63 bits per heavy atom.